The highest BCUT2D eigenvalue weighted by molar-refractivity contribution is 9.10. The average molecular weight is 334 g/mol. The molecule has 2 nitrogen and oxygen atoms in total. The monoisotopic (exact) mass is 332 g/mol. The standard InChI is InChI=1S/C12H10BrClO2S/c1-16-8-4-2-3-7(5-8)11(15)10-6-9(13)12(14)17-10/h2-6,11,15H,1H3. The third-order valence-corrected chi connectivity index (χ3v) is 4.87. The summed E-state index contributed by atoms with van der Waals surface area (Å²) in [5, 5.41) is 10.2. The number of ether oxygens (including phenoxy) is 1. The molecule has 0 aliphatic rings. The number of rotatable bonds is 3. The molecule has 1 aromatic heterocycles. The number of aliphatic hydroxyl groups is 1. The highest BCUT2D eigenvalue weighted by Crippen LogP contribution is 2.37. The van der Waals surface area contributed by atoms with Gasteiger partial charge in [0, 0.05) is 9.35 Å². The smallest absolute Gasteiger partial charge is 0.119 e. The van der Waals surface area contributed by atoms with Crippen molar-refractivity contribution >= 4 is 38.9 Å². The molecule has 0 saturated carbocycles. The Morgan fingerprint density at radius 3 is 2.76 bits per heavy atom. The summed E-state index contributed by atoms with van der Waals surface area (Å²) >= 11 is 10.6. The number of benzene rings is 1. The molecule has 0 aliphatic heterocycles. The Balaban J connectivity index is 2.32. The van der Waals surface area contributed by atoms with Gasteiger partial charge in [0.25, 0.3) is 0 Å². The van der Waals surface area contributed by atoms with E-state index in [0.29, 0.717) is 4.34 Å². The van der Waals surface area contributed by atoms with Crippen LogP contribution in [0, 0.1) is 0 Å². The Kier molecular flexibility index (Phi) is 4.09. The van der Waals surface area contributed by atoms with E-state index in [1.165, 1.54) is 11.3 Å². The normalized spacial score (nSPS) is 12.5. The second kappa shape index (κ2) is 5.40. The molecular formula is C12H10BrClO2S. The summed E-state index contributed by atoms with van der Waals surface area (Å²) < 4.78 is 6.57. The Morgan fingerprint density at radius 1 is 1.41 bits per heavy atom. The van der Waals surface area contributed by atoms with Crippen molar-refractivity contribution in [2.75, 3.05) is 7.11 Å². The molecule has 90 valence electrons. The molecular weight excluding hydrogens is 324 g/mol. The molecule has 0 radical (unpaired) electrons. The van der Waals surface area contributed by atoms with E-state index >= 15 is 0 Å². The van der Waals surface area contributed by atoms with Crippen LogP contribution in [0.4, 0.5) is 0 Å². The summed E-state index contributed by atoms with van der Waals surface area (Å²) in [4.78, 5) is 0.801. The molecule has 2 aromatic rings. The summed E-state index contributed by atoms with van der Waals surface area (Å²) in [5.41, 5.74) is 0.787. The van der Waals surface area contributed by atoms with Crippen LogP contribution in [-0.2, 0) is 0 Å². The first-order chi connectivity index (χ1) is 8.11. The quantitative estimate of drug-likeness (QED) is 0.909. The van der Waals surface area contributed by atoms with Gasteiger partial charge in [0.1, 0.15) is 16.2 Å². The zero-order valence-electron chi connectivity index (χ0n) is 8.98. The molecule has 5 heteroatoms. The van der Waals surface area contributed by atoms with E-state index in [-0.39, 0.29) is 0 Å². The largest absolute Gasteiger partial charge is 0.497 e. The lowest BCUT2D eigenvalue weighted by molar-refractivity contribution is 0.223. The summed E-state index contributed by atoms with van der Waals surface area (Å²) in [6, 6.07) is 9.19. The molecule has 0 fully saturated rings. The lowest BCUT2D eigenvalue weighted by atomic mass is 10.1. The van der Waals surface area contributed by atoms with Crippen LogP contribution in [0.3, 0.4) is 0 Å². The molecule has 0 spiro atoms. The van der Waals surface area contributed by atoms with E-state index in [9.17, 15) is 5.11 Å². The van der Waals surface area contributed by atoms with Gasteiger partial charge >= 0.3 is 0 Å². The van der Waals surface area contributed by atoms with Crippen molar-refractivity contribution in [2.45, 2.75) is 6.10 Å². The van der Waals surface area contributed by atoms with Gasteiger partial charge in [-0.3, -0.25) is 0 Å². The minimum absolute atomic E-state index is 0.641. The minimum Gasteiger partial charge on any atom is -0.497 e. The van der Waals surface area contributed by atoms with Crippen LogP contribution in [-0.4, -0.2) is 12.2 Å². The molecule has 1 heterocycles. The fraction of sp³-hybridized carbons (Fsp3) is 0.167. The van der Waals surface area contributed by atoms with Crippen molar-refractivity contribution in [3.8, 4) is 5.75 Å². The van der Waals surface area contributed by atoms with Gasteiger partial charge in [-0.2, -0.15) is 0 Å². The molecule has 0 saturated heterocycles. The van der Waals surface area contributed by atoms with Gasteiger partial charge in [-0.25, -0.2) is 0 Å². The number of hydrogen-bond acceptors (Lipinski definition) is 3. The second-order valence-corrected chi connectivity index (χ2v) is 5.99. The van der Waals surface area contributed by atoms with Gasteiger partial charge in [0.2, 0.25) is 0 Å². The maximum atomic E-state index is 10.2. The highest BCUT2D eigenvalue weighted by Gasteiger charge is 2.15. The first kappa shape index (κ1) is 12.9. The van der Waals surface area contributed by atoms with Crippen molar-refractivity contribution in [2.24, 2.45) is 0 Å². The van der Waals surface area contributed by atoms with Gasteiger partial charge in [0.05, 0.1) is 7.11 Å². The van der Waals surface area contributed by atoms with E-state index in [4.69, 9.17) is 16.3 Å². The molecule has 17 heavy (non-hydrogen) atoms. The summed E-state index contributed by atoms with van der Waals surface area (Å²) in [6.07, 6.45) is -0.682. The molecule has 0 amide bonds. The van der Waals surface area contributed by atoms with Crippen LogP contribution in [0.2, 0.25) is 4.34 Å². The SMILES string of the molecule is COc1cccc(C(O)c2cc(Br)c(Cl)s2)c1. The third kappa shape index (κ3) is 2.83. The van der Waals surface area contributed by atoms with Crippen LogP contribution < -0.4 is 4.74 Å². The van der Waals surface area contributed by atoms with Crippen molar-refractivity contribution in [3.63, 3.8) is 0 Å². The minimum atomic E-state index is -0.682. The summed E-state index contributed by atoms with van der Waals surface area (Å²) in [7, 11) is 1.60. The number of hydrogen-bond donors (Lipinski definition) is 1. The molecule has 0 bridgehead atoms. The third-order valence-electron chi connectivity index (χ3n) is 2.34. The number of halogens is 2. The zero-order valence-corrected chi connectivity index (χ0v) is 12.1. The van der Waals surface area contributed by atoms with Crippen LogP contribution in [0.5, 0.6) is 5.75 Å². The van der Waals surface area contributed by atoms with Crippen molar-refractivity contribution in [1.82, 2.24) is 0 Å². The Bertz CT molecular complexity index is 507. The topological polar surface area (TPSA) is 29.5 Å². The molecule has 1 unspecified atom stereocenters. The van der Waals surface area contributed by atoms with E-state index in [1.807, 2.05) is 30.3 Å². The predicted molar refractivity (Wildman–Crippen MR) is 74.1 cm³/mol. The highest BCUT2D eigenvalue weighted by atomic mass is 79.9. The lowest BCUT2D eigenvalue weighted by Gasteiger charge is -2.10. The van der Waals surface area contributed by atoms with Crippen molar-refractivity contribution in [3.05, 3.63) is 49.6 Å². The van der Waals surface area contributed by atoms with Gasteiger partial charge in [-0.15, -0.1) is 11.3 Å². The van der Waals surface area contributed by atoms with Crippen LogP contribution in [0.1, 0.15) is 16.5 Å². The number of thiophene rings is 1. The molecule has 0 aliphatic carbocycles. The lowest BCUT2D eigenvalue weighted by Crippen LogP contribution is -1.97. The zero-order chi connectivity index (χ0) is 12.4. The first-order valence-electron chi connectivity index (χ1n) is 4.88. The summed E-state index contributed by atoms with van der Waals surface area (Å²) in [5.74, 6) is 0.725. The molecule has 1 N–H and O–H groups in total. The van der Waals surface area contributed by atoms with E-state index < -0.39 is 6.10 Å². The number of aliphatic hydroxyl groups excluding tert-OH is 1. The predicted octanol–water partition coefficient (Wildman–Crippen LogP) is 4.25. The van der Waals surface area contributed by atoms with Gasteiger partial charge in [0.15, 0.2) is 0 Å². The average Bonchev–Trinajstić information content (AvgIpc) is 2.69. The number of methoxy groups -OCH3 is 1. The van der Waals surface area contributed by atoms with Gasteiger partial charge in [-0.05, 0) is 39.7 Å². The van der Waals surface area contributed by atoms with Crippen LogP contribution >= 0.6 is 38.9 Å². The maximum Gasteiger partial charge on any atom is 0.119 e. The van der Waals surface area contributed by atoms with Crippen LogP contribution in [0.15, 0.2) is 34.8 Å². The molecule has 1 atom stereocenters. The Labute approximate surface area is 117 Å². The first-order valence-corrected chi connectivity index (χ1v) is 6.87. The van der Waals surface area contributed by atoms with Gasteiger partial charge < -0.3 is 9.84 Å². The Morgan fingerprint density at radius 2 is 2.18 bits per heavy atom. The molecule has 1 aromatic carbocycles. The Hall–Kier alpha value is -0.550. The van der Waals surface area contributed by atoms with Crippen LogP contribution in [0.25, 0.3) is 0 Å². The fourth-order valence-corrected chi connectivity index (χ4v) is 3.22. The van der Waals surface area contributed by atoms with Crippen molar-refractivity contribution in [1.29, 1.82) is 0 Å². The van der Waals surface area contributed by atoms with Crippen molar-refractivity contribution < 1.29 is 9.84 Å². The fourth-order valence-electron chi connectivity index (χ4n) is 1.47. The maximum absolute atomic E-state index is 10.2. The summed E-state index contributed by atoms with van der Waals surface area (Å²) in [6.45, 7) is 0. The van der Waals surface area contributed by atoms with E-state index in [1.54, 1.807) is 7.11 Å². The molecule has 2 rings (SSSR count). The van der Waals surface area contributed by atoms with Gasteiger partial charge in [-0.1, -0.05) is 23.7 Å². The van der Waals surface area contributed by atoms with E-state index in [0.717, 1.165) is 20.7 Å². The van der Waals surface area contributed by atoms with E-state index in [2.05, 4.69) is 15.9 Å². The second-order valence-electron chi connectivity index (χ2n) is 3.45.